The Labute approximate surface area is 193 Å². The van der Waals surface area contributed by atoms with Gasteiger partial charge in [-0.1, -0.05) is 36.4 Å². The van der Waals surface area contributed by atoms with E-state index in [4.69, 9.17) is 4.74 Å². The third-order valence-electron chi connectivity index (χ3n) is 6.00. The molecule has 4 rings (SSSR count). The maximum atomic E-state index is 13.4. The minimum absolute atomic E-state index is 0.114. The summed E-state index contributed by atoms with van der Waals surface area (Å²) in [6.45, 7) is 3.77. The van der Waals surface area contributed by atoms with Crippen LogP contribution in [0, 0.1) is 0 Å². The van der Waals surface area contributed by atoms with Crippen molar-refractivity contribution in [2.45, 2.75) is 50.2 Å². The highest BCUT2D eigenvalue weighted by Crippen LogP contribution is 2.28. The van der Waals surface area contributed by atoms with Crippen molar-refractivity contribution in [1.82, 2.24) is 24.6 Å². The van der Waals surface area contributed by atoms with Crippen LogP contribution in [0.5, 0.6) is 0 Å². The first-order chi connectivity index (χ1) is 15.9. The molecule has 3 aromatic rings. The highest BCUT2D eigenvalue weighted by Gasteiger charge is 2.39. The van der Waals surface area contributed by atoms with Crippen molar-refractivity contribution in [3.05, 3.63) is 53.6 Å². The van der Waals surface area contributed by atoms with Gasteiger partial charge in [0.25, 0.3) is 0 Å². The Kier molecular flexibility index (Phi) is 7.06. The summed E-state index contributed by atoms with van der Waals surface area (Å²) in [5.41, 5.74) is 3.43. The third kappa shape index (κ3) is 4.92. The molecule has 9 nitrogen and oxygen atoms in total. The second-order valence-corrected chi connectivity index (χ2v) is 10.0. The number of ether oxygens (including phenoxy) is 1. The fourth-order valence-corrected chi connectivity index (χ4v) is 5.76. The molecule has 1 atom stereocenters. The van der Waals surface area contributed by atoms with Gasteiger partial charge >= 0.3 is 0 Å². The molecule has 33 heavy (non-hydrogen) atoms. The summed E-state index contributed by atoms with van der Waals surface area (Å²) >= 11 is 0. The Morgan fingerprint density at radius 1 is 1.18 bits per heavy atom. The highest BCUT2D eigenvalue weighted by atomic mass is 32.2. The molecule has 1 aliphatic heterocycles. The quantitative estimate of drug-likeness (QED) is 0.512. The molecule has 0 unspecified atom stereocenters. The van der Waals surface area contributed by atoms with E-state index in [1.807, 2.05) is 24.3 Å². The largest absolute Gasteiger partial charge is 0.383 e. The van der Waals surface area contributed by atoms with Crippen LogP contribution in [-0.4, -0.2) is 59.9 Å². The van der Waals surface area contributed by atoms with E-state index in [0.717, 1.165) is 17.5 Å². The van der Waals surface area contributed by atoms with Gasteiger partial charge in [0.05, 0.1) is 23.6 Å². The van der Waals surface area contributed by atoms with Crippen molar-refractivity contribution < 1.29 is 17.9 Å². The Morgan fingerprint density at radius 3 is 2.67 bits per heavy atom. The molecule has 0 aliphatic carbocycles. The van der Waals surface area contributed by atoms with Crippen LogP contribution < -0.4 is 5.32 Å². The van der Waals surface area contributed by atoms with E-state index in [2.05, 4.69) is 22.6 Å². The smallest absolute Gasteiger partial charge is 0.243 e. The van der Waals surface area contributed by atoms with Crippen LogP contribution in [0.3, 0.4) is 0 Å². The van der Waals surface area contributed by atoms with Crippen LogP contribution in [-0.2, 0) is 39.1 Å². The van der Waals surface area contributed by atoms with Gasteiger partial charge in [-0.2, -0.15) is 4.31 Å². The minimum atomic E-state index is -3.85. The summed E-state index contributed by atoms with van der Waals surface area (Å²) < 4.78 is 34.8. The molecule has 2 aromatic carbocycles. The van der Waals surface area contributed by atoms with E-state index >= 15 is 0 Å². The Balaban J connectivity index is 1.48. The van der Waals surface area contributed by atoms with Crippen LogP contribution in [0.2, 0.25) is 0 Å². The Bertz CT molecular complexity index is 1220. The molecule has 0 spiro atoms. The van der Waals surface area contributed by atoms with E-state index in [1.165, 1.54) is 15.9 Å². The third-order valence-corrected chi connectivity index (χ3v) is 7.91. The zero-order chi connectivity index (χ0) is 23.4. The van der Waals surface area contributed by atoms with Crippen molar-refractivity contribution in [3.8, 4) is 0 Å². The summed E-state index contributed by atoms with van der Waals surface area (Å²) in [5.74, 6) is -0.276. The predicted molar refractivity (Wildman–Crippen MR) is 124 cm³/mol. The zero-order valence-electron chi connectivity index (χ0n) is 18.9. The molecule has 0 radical (unpaired) electrons. The average Bonchev–Trinajstić information content (AvgIpc) is 3.49. The molecule has 1 amide bonds. The fourth-order valence-electron chi connectivity index (χ4n) is 4.08. The lowest BCUT2D eigenvalue weighted by Crippen LogP contribution is -2.45. The van der Waals surface area contributed by atoms with Gasteiger partial charge in [0.1, 0.15) is 11.6 Å². The molecule has 1 fully saturated rings. The SMILES string of the molecule is CCc1ccc(CNC(=O)[C@H]2CCCN2S(=O)(=O)c2ccc3c(c2)nnn3CCOC)cc1. The number of nitrogens with zero attached hydrogens (tertiary/aromatic N) is 4. The van der Waals surface area contributed by atoms with Crippen molar-refractivity contribution in [3.63, 3.8) is 0 Å². The number of carbonyl (C=O) groups is 1. The summed E-state index contributed by atoms with van der Waals surface area (Å²) in [6.07, 6.45) is 2.09. The lowest BCUT2D eigenvalue weighted by atomic mass is 10.1. The van der Waals surface area contributed by atoms with Crippen molar-refractivity contribution in [2.24, 2.45) is 0 Å². The number of aryl methyl sites for hydroxylation is 1. The standard InChI is InChI=1S/C23H29N5O4S/c1-3-17-6-8-18(9-7-17)16-24-23(29)22-5-4-12-28(22)33(30,31)19-10-11-21-20(15-19)25-26-27(21)13-14-32-2/h6-11,15,22H,3-5,12-14,16H2,1-2H3,(H,24,29)/t22-/m1/s1. The number of carbonyl (C=O) groups excluding carboxylic acids is 1. The average molecular weight is 472 g/mol. The normalized spacial score (nSPS) is 17.0. The molecule has 0 bridgehead atoms. The predicted octanol–water partition coefficient (Wildman–Crippen LogP) is 2.11. The second-order valence-electron chi connectivity index (χ2n) is 8.12. The minimum Gasteiger partial charge on any atom is -0.383 e. The summed E-state index contributed by atoms with van der Waals surface area (Å²) in [7, 11) is -2.25. The fraction of sp³-hybridized carbons (Fsp3) is 0.435. The number of amides is 1. The monoisotopic (exact) mass is 471 g/mol. The number of fused-ring (bicyclic) bond motifs is 1. The Morgan fingerprint density at radius 2 is 1.94 bits per heavy atom. The van der Waals surface area contributed by atoms with E-state index in [9.17, 15) is 13.2 Å². The van der Waals surface area contributed by atoms with Crippen LogP contribution in [0.25, 0.3) is 11.0 Å². The molecule has 1 saturated heterocycles. The van der Waals surface area contributed by atoms with Crippen LogP contribution in [0.4, 0.5) is 0 Å². The van der Waals surface area contributed by atoms with Crippen LogP contribution in [0.15, 0.2) is 47.4 Å². The van der Waals surface area contributed by atoms with E-state index < -0.39 is 16.1 Å². The number of rotatable bonds is 9. The molecule has 1 aliphatic rings. The van der Waals surface area contributed by atoms with Gasteiger partial charge in [-0.3, -0.25) is 4.79 Å². The van der Waals surface area contributed by atoms with E-state index in [0.29, 0.717) is 44.6 Å². The summed E-state index contributed by atoms with van der Waals surface area (Å²) in [5, 5.41) is 11.1. The maximum Gasteiger partial charge on any atom is 0.243 e. The van der Waals surface area contributed by atoms with Crippen molar-refractivity contribution in [1.29, 1.82) is 0 Å². The highest BCUT2D eigenvalue weighted by molar-refractivity contribution is 7.89. The molecule has 0 saturated carbocycles. The number of nitrogens with one attached hydrogen (secondary N) is 1. The number of sulfonamides is 1. The first-order valence-corrected chi connectivity index (χ1v) is 12.6. The lowest BCUT2D eigenvalue weighted by molar-refractivity contribution is -0.124. The lowest BCUT2D eigenvalue weighted by Gasteiger charge is -2.23. The van der Waals surface area contributed by atoms with E-state index in [-0.39, 0.29) is 10.8 Å². The van der Waals surface area contributed by atoms with Gasteiger partial charge in [-0.15, -0.1) is 5.10 Å². The van der Waals surface area contributed by atoms with Crippen molar-refractivity contribution >= 4 is 27.0 Å². The molecule has 2 heterocycles. The van der Waals surface area contributed by atoms with Gasteiger partial charge in [-0.25, -0.2) is 13.1 Å². The zero-order valence-corrected chi connectivity index (χ0v) is 19.7. The molecular weight excluding hydrogens is 442 g/mol. The molecular formula is C23H29N5O4S. The van der Waals surface area contributed by atoms with Crippen LogP contribution in [0.1, 0.15) is 30.9 Å². The van der Waals surface area contributed by atoms with Gasteiger partial charge < -0.3 is 10.1 Å². The first-order valence-electron chi connectivity index (χ1n) is 11.1. The van der Waals surface area contributed by atoms with Gasteiger partial charge in [0, 0.05) is 20.2 Å². The summed E-state index contributed by atoms with van der Waals surface area (Å²) in [6, 6.07) is 12.1. The first kappa shape index (κ1) is 23.3. The molecule has 1 N–H and O–H groups in total. The molecule has 176 valence electrons. The van der Waals surface area contributed by atoms with Crippen molar-refractivity contribution in [2.75, 3.05) is 20.3 Å². The summed E-state index contributed by atoms with van der Waals surface area (Å²) in [4.78, 5) is 13.0. The van der Waals surface area contributed by atoms with E-state index in [1.54, 1.807) is 23.9 Å². The molecule has 10 heteroatoms. The van der Waals surface area contributed by atoms with Crippen LogP contribution >= 0.6 is 0 Å². The number of hydrogen-bond donors (Lipinski definition) is 1. The Hall–Kier alpha value is -2.82. The van der Waals surface area contributed by atoms with Gasteiger partial charge in [-0.05, 0) is 48.6 Å². The molecule has 1 aromatic heterocycles. The topological polar surface area (TPSA) is 106 Å². The van der Waals surface area contributed by atoms with Gasteiger partial charge in [0.2, 0.25) is 15.9 Å². The maximum absolute atomic E-state index is 13.4. The van der Waals surface area contributed by atoms with Gasteiger partial charge in [0.15, 0.2) is 0 Å². The number of aromatic nitrogens is 3. The number of hydrogen-bond acceptors (Lipinski definition) is 6. The number of benzene rings is 2. The second kappa shape index (κ2) is 9.98. The number of methoxy groups -OCH3 is 1.